The lowest BCUT2D eigenvalue weighted by Gasteiger charge is -2.30. The van der Waals surface area contributed by atoms with Gasteiger partial charge in [-0.15, -0.1) is 0 Å². The second kappa shape index (κ2) is 7.36. The highest BCUT2D eigenvalue weighted by atomic mass is 16.6. The van der Waals surface area contributed by atoms with Crippen LogP contribution in [0.2, 0.25) is 0 Å². The lowest BCUT2D eigenvalue weighted by molar-refractivity contribution is -0.147. The van der Waals surface area contributed by atoms with Crippen molar-refractivity contribution >= 4 is 12.1 Å². The number of hydrogen-bond donors (Lipinski definition) is 0. The molecule has 0 saturated carbocycles. The lowest BCUT2D eigenvalue weighted by Crippen LogP contribution is -2.46. The number of hydrogen-bond acceptors (Lipinski definition) is 4. The Kier molecular flexibility index (Phi) is 6.87. The summed E-state index contributed by atoms with van der Waals surface area (Å²) in [5.41, 5.74) is -0.581. The van der Waals surface area contributed by atoms with E-state index in [1.807, 2.05) is 13.8 Å². The van der Waals surface area contributed by atoms with E-state index in [4.69, 9.17) is 9.47 Å². The Hall–Kier alpha value is -1.26. The molecule has 0 aromatic heterocycles. The summed E-state index contributed by atoms with van der Waals surface area (Å²) in [5.74, 6) is -0.0809. The van der Waals surface area contributed by atoms with Crippen LogP contribution in [-0.4, -0.2) is 42.8 Å². The number of nitrogens with zero attached hydrogens (tertiary/aromatic N) is 1. The van der Waals surface area contributed by atoms with Crippen LogP contribution in [0, 0.1) is 5.92 Å². The zero-order chi connectivity index (χ0) is 15.2. The van der Waals surface area contributed by atoms with Crippen molar-refractivity contribution in [2.75, 3.05) is 14.2 Å². The van der Waals surface area contributed by atoms with Crippen LogP contribution in [0.4, 0.5) is 4.79 Å². The highest BCUT2D eigenvalue weighted by Crippen LogP contribution is 2.18. The Labute approximate surface area is 116 Å². The molecule has 0 heterocycles. The first kappa shape index (κ1) is 17.7. The maximum Gasteiger partial charge on any atom is 0.410 e. The number of esters is 1. The van der Waals surface area contributed by atoms with E-state index in [-0.39, 0.29) is 0 Å². The Bertz CT molecular complexity index is 309. The Morgan fingerprint density at radius 1 is 1.26 bits per heavy atom. The quantitative estimate of drug-likeness (QED) is 0.723. The largest absolute Gasteiger partial charge is 0.467 e. The molecule has 0 fully saturated rings. The molecular weight excluding hydrogens is 246 g/mol. The molecular formula is C14H27NO4. The third kappa shape index (κ3) is 6.45. The molecule has 2 atom stereocenters. The van der Waals surface area contributed by atoms with Gasteiger partial charge in [0.2, 0.25) is 0 Å². The van der Waals surface area contributed by atoms with Crippen molar-refractivity contribution in [2.24, 2.45) is 5.92 Å². The minimum absolute atomic E-state index is 0.328. The fourth-order valence-corrected chi connectivity index (χ4v) is 1.56. The molecule has 112 valence electrons. The zero-order valence-electron chi connectivity index (χ0n) is 13.1. The van der Waals surface area contributed by atoms with Crippen molar-refractivity contribution in [3.05, 3.63) is 0 Å². The van der Waals surface area contributed by atoms with Gasteiger partial charge in [-0.05, 0) is 33.1 Å². The summed E-state index contributed by atoms with van der Waals surface area (Å²) in [6.07, 6.45) is 1.00. The van der Waals surface area contributed by atoms with E-state index in [0.29, 0.717) is 12.3 Å². The number of likely N-dealkylation sites (N-methyl/N-ethyl adjacent to an activating group) is 1. The van der Waals surface area contributed by atoms with Gasteiger partial charge in [-0.1, -0.05) is 20.3 Å². The van der Waals surface area contributed by atoms with Crippen molar-refractivity contribution in [3.8, 4) is 0 Å². The fraction of sp³-hybridized carbons (Fsp3) is 0.857. The number of rotatable bonds is 5. The number of amides is 1. The highest BCUT2D eigenvalue weighted by molar-refractivity contribution is 5.81. The average molecular weight is 273 g/mol. The standard InChI is InChI=1S/C14H27NO4/c1-8-10(2)9-11(12(16)18-7)15(6)13(17)19-14(3,4)5/h10-11H,8-9H2,1-7H3/t10-,11-/m0/s1. The van der Waals surface area contributed by atoms with Crippen LogP contribution in [-0.2, 0) is 14.3 Å². The summed E-state index contributed by atoms with van der Waals surface area (Å²) >= 11 is 0. The zero-order valence-corrected chi connectivity index (χ0v) is 13.1. The third-order valence-corrected chi connectivity index (χ3v) is 2.94. The molecule has 0 spiro atoms. The summed E-state index contributed by atoms with van der Waals surface area (Å²) in [6.45, 7) is 9.47. The van der Waals surface area contributed by atoms with Crippen LogP contribution in [0.15, 0.2) is 0 Å². The van der Waals surface area contributed by atoms with Crippen molar-refractivity contribution in [1.29, 1.82) is 0 Å². The lowest BCUT2D eigenvalue weighted by atomic mass is 9.99. The van der Waals surface area contributed by atoms with Crippen LogP contribution in [0.3, 0.4) is 0 Å². The molecule has 0 unspecified atom stereocenters. The van der Waals surface area contributed by atoms with Gasteiger partial charge >= 0.3 is 12.1 Å². The monoisotopic (exact) mass is 273 g/mol. The molecule has 19 heavy (non-hydrogen) atoms. The molecule has 1 amide bonds. The maximum atomic E-state index is 12.0. The van der Waals surface area contributed by atoms with Gasteiger partial charge in [0.1, 0.15) is 11.6 Å². The molecule has 5 heteroatoms. The SMILES string of the molecule is CC[C@H](C)C[C@@H](C(=O)OC)N(C)C(=O)OC(C)(C)C. The normalized spacial score (nSPS) is 14.5. The summed E-state index contributed by atoms with van der Waals surface area (Å²) < 4.78 is 10.0. The van der Waals surface area contributed by atoms with Crippen molar-refractivity contribution in [3.63, 3.8) is 0 Å². The number of carbonyl (C=O) groups excluding carboxylic acids is 2. The first-order valence-corrected chi connectivity index (χ1v) is 6.66. The molecule has 0 aliphatic heterocycles. The molecule has 0 aromatic carbocycles. The van der Waals surface area contributed by atoms with E-state index in [0.717, 1.165) is 6.42 Å². The maximum absolute atomic E-state index is 12.0. The van der Waals surface area contributed by atoms with E-state index in [9.17, 15) is 9.59 Å². The van der Waals surface area contributed by atoms with Crippen LogP contribution >= 0.6 is 0 Å². The summed E-state index contributed by atoms with van der Waals surface area (Å²) in [5, 5.41) is 0. The fourth-order valence-electron chi connectivity index (χ4n) is 1.56. The summed E-state index contributed by atoms with van der Waals surface area (Å²) in [4.78, 5) is 25.1. The topological polar surface area (TPSA) is 55.8 Å². The average Bonchev–Trinajstić information content (AvgIpc) is 2.31. The molecule has 0 aliphatic carbocycles. The van der Waals surface area contributed by atoms with Gasteiger partial charge in [-0.25, -0.2) is 9.59 Å². The molecule has 0 bridgehead atoms. The summed E-state index contributed by atoms with van der Waals surface area (Å²) in [6, 6.07) is -0.602. The predicted molar refractivity (Wildman–Crippen MR) is 73.9 cm³/mol. The Balaban J connectivity index is 4.84. The molecule has 0 N–H and O–H groups in total. The first-order chi connectivity index (χ1) is 8.62. The minimum atomic E-state index is -0.602. The van der Waals surface area contributed by atoms with Gasteiger partial charge < -0.3 is 9.47 Å². The van der Waals surface area contributed by atoms with Crippen molar-refractivity contribution < 1.29 is 19.1 Å². The molecule has 5 nitrogen and oxygen atoms in total. The van der Waals surface area contributed by atoms with Crippen LogP contribution < -0.4 is 0 Å². The van der Waals surface area contributed by atoms with Gasteiger partial charge in [0, 0.05) is 7.05 Å². The van der Waals surface area contributed by atoms with Gasteiger partial charge in [0.25, 0.3) is 0 Å². The number of carbonyl (C=O) groups is 2. The van der Waals surface area contributed by atoms with Crippen LogP contribution in [0.25, 0.3) is 0 Å². The first-order valence-electron chi connectivity index (χ1n) is 6.66. The Morgan fingerprint density at radius 2 is 1.79 bits per heavy atom. The second-order valence-corrected chi connectivity index (χ2v) is 5.88. The minimum Gasteiger partial charge on any atom is -0.467 e. The molecule has 0 saturated heterocycles. The van der Waals surface area contributed by atoms with E-state index >= 15 is 0 Å². The third-order valence-electron chi connectivity index (χ3n) is 2.94. The Morgan fingerprint density at radius 3 is 2.16 bits per heavy atom. The van der Waals surface area contributed by atoms with Crippen LogP contribution in [0.5, 0.6) is 0 Å². The van der Waals surface area contributed by atoms with Gasteiger partial charge in [-0.2, -0.15) is 0 Å². The number of methoxy groups -OCH3 is 1. The number of ether oxygens (including phenoxy) is 2. The second-order valence-electron chi connectivity index (χ2n) is 5.88. The van der Waals surface area contributed by atoms with E-state index in [2.05, 4.69) is 0 Å². The van der Waals surface area contributed by atoms with Crippen molar-refractivity contribution in [1.82, 2.24) is 4.90 Å². The molecule has 0 rings (SSSR count). The van der Waals surface area contributed by atoms with Gasteiger partial charge in [0.15, 0.2) is 0 Å². The van der Waals surface area contributed by atoms with Gasteiger partial charge in [0.05, 0.1) is 7.11 Å². The molecule has 0 radical (unpaired) electrons. The molecule has 0 aliphatic rings. The molecule has 0 aromatic rings. The van der Waals surface area contributed by atoms with E-state index in [1.165, 1.54) is 12.0 Å². The predicted octanol–water partition coefficient (Wildman–Crippen LogP) is 2.83. The van der Waals surface area contributed by atoms with Crippen LogP contribution in [0.1, 0.15) is 47.5 Å². The van der Waals surface area contributed by atoms with E-state index in [1.54, 1.807) is 27.8 Å². The highest BCUT2D eigenvalue weighted by Gasteiger charge is 2.31. The van der Waals surface area contributed by atoms with E-state index < -0.39 is 23.7 Å². The van der Waals surface area contributed by atoms with Crippen molar-refractivity contribution in [2.45, 2.75) is 59.1 Å². The summed E-state index contributed by atoms with van der Waals surface area (Å²) in [7, 11) is 2.90. The smallest absolute Gasteiger partial charge is 0.410 e. The van der Waals surface area contributed by atoms with Gasteiger partial charge in [-0.3, -0.25) is 4.90 Å².